The Morgan fingerprint density at radius 3 is 2.76 bits per heavy atom. The molecule has 5 atom stereocenters. The minimum absolute atomic E-state index is 0.0632. The van der Waals surface area contributed by atoms with Crippen LogP contribution in [0.4, 0.5) is 0 Å². The molecule has 0 radical (unpaired) electrons. The Morgan fingerprint density at radius 1 is 1.19 bits per heavy atom. The maximum absolute atomic E-state index is 6.47. The molecule has 0 amide bonds. The number of hydrogen-bond acceptors (Lipinski definition) is 2. The molecular formula is C19H26O2. The molecule has 0 spiro atoms. The van der Waals surface area contributed by atoms with E-state index in [-0.39, 0.29) is 11.7 Å². The van der Waals surface area contributed by atoms with Crippen LogP contribution in [0.5, 0.6) is 0 Å². The zero-order chi connectivity index (χ0) is 14.7. The van der Waals surface area contributed by atoms with Gasteiger partial charge in [0.2, 0.25) is 0 Å². The Labute approximate surface area is 127 Å². The first-order valence-electron chi connectivity index (χ1n) is 8.35. The Bertz CT molecular complexity index is 536. The van der Waals surface area contributed by atoms with Gasteiger partial charge in [-0.25, -0.2) is 0 Å². The lowest BCUT2D eigenvalue weighted by Crippen LogP contribution is -2.63. The molecule has 0 N–H and O–H groups in total. The number of hydrogen-bond donors (Lipinski definition) is 0. The van der Waals surface area contributed by atoms with Crippen molar-refractivity contribution in [1.29, 1.82) is 0 Å². The van der Waals surface area contributed by atoms with Crippen molar-refractivity contribution in [3.05, 3.63) is 35.4 Å². The van der Waals surface area contributed by atoms with E-state index in [4.69, 9.17) is 9.47 Å². The zero-order valence-corrected chi connectivity index (χ0v) is 13.4. The standard InChI is InChI=1S/C19H26O2/c1-13-6-4-5-7-14(13)12-20-17-11-18(2)15-8-9-16(18)21-19(17,3)10-15/h4-7,15-17H,8-12H2,1-3H3/t15?,16-,17+,18+,19-/m1/s1. The van der Waals surface area contributed by atoms with E-state index in [9.17, 15) is 0 Å². The number of fused-ring (bicyclic) bond motifs is 1. The van der Waals surface area contributed by atoms with Crippen LogP contribution >= 0.6 is 0 Å². The molecule has 2 heterocycles. The average Bonchev–Trinajstić information content (AvgIpc) is 2.65. The normalized spacial score (nSPS) is 44.2. The molecule has 2 nitrogen and oxygen atoms in total. The van der Waals surface area contributed by atoms with Gasteiger partial charge in [0, 0.05) is 0 Å². The van der Waals surface area contributed by atoms with Gasteiger partial charge in [0.1, 0.15) is 0 Å². The van der Waals surface area contributed by atoms with Gasteiger partial charge in [-0.15, -0.1) is 0 Å². The van der Waals surface area contributed by atoms with Crippen LogP contribution in [-0.4, -0.2) is 17.8 Å². The SMILES string of the molecule is Cc1ccccc1CO[C@H]1C[C@@]2(C)C3CC[C@H]2O[C@]1(C)C3. The number of ether oxygens (including phenoxy) is 2. The van der Waals surface area contributed by atoms with Crippen LogP contribution in [0.3, 0.4) is 0 Å². The fourth-order valence-corrected chi connectivity index (χ4v) is 4.98. The number of rotatable bonds is 3. The highest BCUT2D eigenvalue weighted by Crippen LogP contribution is 2.62. The van der Waals surface area contributed by atoms with E-state index in [1.165, 1.54) is 36.8 Å². The van der Waals surface area contributed by atoms with Crippen LogP contribution in [-0.2, 0) is 16.1 Å². The van der Waals surface area contributed by atoms with Crippen molar-refractivity contribution in [2.75, 3.05) is 0 Å². The summed E-state index contributed by atoms with van der Waals surface area (Å²) in [6.07, 6.45) is 5.67. The average molecular weight is 286 g/mol. The second kappa shape index (κ2) is 4.57. The molecule has 2 saturated heterocycles. The fourth-order valence-electron chi connectivity index (χ4n) is 4.98. The first kappa shape index (κ1) is 13.8. The molecule has 4 aliphatic rings. The van der Waals surface area contributed by atoms with Crippen LogP contribution < -0.4 is 0 Å². The second-order valence-corrected chi connectivity index (χ2v) is 7.83. The Balaban J connectivity index is 1.51. The maximum Gasteiger partial charge on any atom is 0.0922 e. The molecular weight excluding hydrogens is 260 g/mol. The third-order valence-corrected chi connectivity index (χ3v) is 6.52. The van der Waals surface area contributed by atoms with Gasteiger partial charge in [0.25, 0.3) is 0 Å². The molecule has 2 aliphatic heterocycles. The predicted molar refractivity (Wildman–Crippen MR) is 83.1 cm³/mol. The quantitative estimate of drug-likeness (QED) is 0.827. The summed E-state index contributed by atoms with van der Waals surface area (Å²) >= 11 is 0. The summed E-state index contributed by atoms with van der Waals surface area (Å²) in [4.78, 5) is 0. The predicted octanol–water partition coefficient (Wildman–Crippen LogP) is 4.25. The van der Waals surface area contributed by atoms with E-state index in [0.29, 0.717) is 18.1 Å². The maximum atomic E-state index is 6.47. The lowest BCUT2D eigenvalue weighted by Gasteiger charge is -2.58. The minimum Gasteiger partial charge on any atom is -0.371 e. The highest BCUT2D eigenvalue weighted by atomic mass is 16.6. The summed E-state index contributed by atoms with van der Waals surface area (Å²) in [5.74, 6) is 0.847. The van der Waals surface area contributed by atoms with Crippen molar-refractivity contribution < 1.29 is 9.47 Å². The first-order chi connectivity index (χ1) is 10.0. The molecule has 1 unspecified atom stereocenters. The van der Waals surface area contributed by atoms with E-state index in [0.717, 1.165) is 5.92 Å². The van der Waals surface area contributed by atoms with E-state index < -0.39 is 0 Å². The highest BCUT2D eigenvalue weighted by molar-refractivity contribution is 5.25. The van der Waals surface area contributed by atoms with Gasteiger partial charge in [-0.2, -0.15) is 0 Å². The van der Waals surface area contributed by atoms with Gasteiger partial charge in [0.05, 0.1) is 24.4 Å². The van der Waals surface area contributed by atoms with Gasteiger partial charge >= 0.3 is 0 Å². The van der Waals surface area contributed by atoms with Gasteiger partial charge in [-0.3, -0.25) is 0 Å². The smallest absolute Gasteiger partial charge is 0.0922 e. The molecule has 0 aromatic heterocycles. The molecule has 2 aliphatic carbocycles. The van der Waals surface area contributed by atoms with Crippen LogP contribution in [0.2, 0.25) is 0 Å². The lowest BCUT2D eigenvalue weighted by molar-refractivity contribution is -0.280. The number of aryl methyl sites for hydroxylation is 1. The third-order valence-electron chi connectivity index (χ3n) is 6.52. The monoisotopic (exact) mass is 286 g/mol. The van der Waals surface area contributed by atoms with Crippen LogP contribution in [0, 0.1) is 18.3 Å². The van der Waals surface area contributed by atoms with Crippen molar-refractivity contribution in [2.24, 2.45) is 11.3 Å². The summed E-state index contributed by atoms with van der Waals surface area (Å²) in [7, 11) is 0. The summed E-state index contributed by atoms with van der Waals surface area (Å²) in [5.41, 5.74) is 2.91. The van der Waals surface area contributed by atoms with Gasteiger partial charge in [0.15, 0.2) is 0 Å². The van der Waals surface area contributed by atoms with E-state index >= 15 is 0 Å². The van der Waals surface area contributed by atoms with Crippen molar-refractivity contribution in [3.63, 3.8) is 0 Å². The Hall–Kier alpha value is -0.860. The molecule has 5 rings (SSSR count). The molecule has 4 fully saturated rings. The molecule has 2 heteroatoms. The van der Waals surface area contributed by atoms with E-state index in [2.05, 4.69) is 45.0 Å². The van der Waals surface area contributed by atoms with Gasteiger partial charge < -0.3 is 9.47 Å². The van der Waals surface area contributed by atoms with Crippen LogP contribution in [0.25, 0.3) is 0 Å². The summed E-state index contributed by atoms with van der Waals surface area (Å²) in [6.45, 7) is 7.57. The number of benzene rings is 1. The van der Waals surface area contributed by atoms with Crippen LogP contribution in [0.15, 0.2) is 24.3 Å². The van der Waals surface area contributed by atoms with Crippen molar-refractivity contribution >= 4 is 0 Å². The molecule has 4 bridgehead atoms. The second-order valence-electron chi connectivity index (χ2n) is 7.83. The third kappa shape index (κ3) is 1.99. The van der Waals surface area contributed by atoms with E-state index in [1.807, 2.05) is 0 Å². The molecule has 114 valence electrons. The summed E-state index contributed by atoms with van der Waals surface area (Å²) in [5, 5.41) is 0. The molecule has 2 saturated carbocycles. The largest absolute Gasteiger partial charge is 0.371 e. The zero-order valence-electron chi connectivity index (χ0n) is 13.4. The van der Waals surface area contributed by atoms with Crippen molar-refractivity contribution in [1.82, 2.24) is 0 Å². The van der Waals surface area contributed by atoms with Gasteiger partial charge in [-0.05, 0) is 62.0 Å². The molecule has 21 heavy (non-hydrogen) atoms. The van der Waals surface area contributed by atoms with E-state index in [1.54, 1.807) is 0 Å². The first-order valence-corrected chi connectivity index (χ1v) is 8.35. The topological polar surface area (TPSA) is 18.5 Å². The molecule has 1 aromatic rings. The van der Waals surface area contributed by atoms with Gasteiger partial charge in [-0.1, -0.05) is 31.2 Å². The van der Waals surface area contributed by atoms with Crippen molar-refractivity contribution in [2.45, 2.75) is 70.9 Å². The lowest BCUT2D eigenvalue weighted by atomic mass is 9.60. The van der Waals surface area contributed by atoms with Crippen molar-refractivity contribution in [3.8, 4) is 0 Å². The fraction of sp³-hybridized carbons (Fsp3) is 0.684. The summed E-state index contributed by atoms with van der Waals surface area (Å²) < 4.78 is 12.8. The highest BCUT2D eigenvalue weighted by Gasteiger charge is 2.63. The summed E-state index contributed by atoms with van der Waals surface area (Å²) in [6, 6.07) is 8.51. The molecule has 1 aromatic carbocycles. The Morgan fingerprint density at radius 2 is 2.00 bits per heavy atom. The van der Waals surface area contributed by atoms with Crippen LogP contribution in [0.1, 0.15) is 50.7 Å². The Kier molecular flexibility index (Phi) is 3.00. The minimum atomic E-state index is -0.0632.